The molecule has 2 N–H and O–H groups in total. The predicted octanol–water partition coefficient (Wildman–Crippen LogP) is 3.72. The average molecular weight is 372 g/mol. The van der Waals surface area contributed by atoms with Crippen molar-refractivity contribution in [2.75, 3.05) is 6.54 Å². The molecule has 1 amide bonds. The highest BCUT2D eigenvalue weighted by molar-refractivity contribution is 5.93. The molecule has 7 heteroatoms. The molecule has 1 atom stereocenters. The van der Waals surface area contributed by atoms with Crippen molar-refractivity contribution in [3.8, 4) is 11.4 Å². The zero-order valence-electron chi connectivity index (χ0n) is 15.3. The molecular formula is C21H20N6O. The first-order valence-electron chi connectivity index (χ1n) is 9.52. The number of nitrogens with zero attached hydrogens (tertiary/aromatic N) is 4. The lowest BCUT2D eigenvalue weighted by Crippen LogP contribution is -2.39. The lowest BCUT2D eigenvalue weighted by molar-refractivity contribution is 0.0595. The van der Waals surface area contributed by atoms with Crippen LogP contribution in [0.3, 0.4) is 0 Å². The molecular weight excluding hydrogens is 352 g/mol. The van der Waals surface area contributed by atoms with E-state index < -0.39 is 0 Å². The molecule has 0 bridgehead atoms. The Morgan fingerprint density at radius 3 is 2.82 bits per heavy atom. The summed E-state index contributed by atoms with van der Waals surface area (Å²) < 4.78 is 0. The molecule has 1 aromatic carbocycles. The Morgan fingerprint density at radius 1 is 1.07 bits per heavy atom. The average Bonchev–Trinajstić information content (AvgIpc) is 3.41. The van der Waals surface area contributed by atoms with Crippen molar-refractivity contribution in [3.05, 3.63) is 66.2 Å². The van der Waals surface area contributed by atoms with Gasteiger partial charge in [0.05, 0.1) is 22.8 Å². The number of piperidine rings is 1. The Bertz CT molecular complexity index is 1080. The third-order valence-electron chi connectivity index (χ3n) is 5.22. The maximum atomic E-state index is 13.2. The second-order valence-electron chi connectivity index (χ2n) is 7.03. The summed E-state index contributed by atoms with van der Waals surface area (Å²) in [5, 5.41) is 7.16. The van der Waals surface area contributed by atoms with Gasteiger partial charge in [-0.15, -0.1) is 0 Å². The van der Waals surface area contributed by atoms with Gasteiger partial charge in [0.2, 0.25) is 0 Å². The van der Waals surface area contributed by atoms with Gasteiger partial charge >= 0.3 is 0 Å². The van der Waals surface area contributed by atoms with Gasteiger partial charge in [-0.3, -0.25) is 14.9 Å². The molecule has 0 aliphatic carbocycles. The number of carbonyl (C=O) groups excluding carboxylic acids is 1. The fraction of sp³-hybridized carbons (Fsp3) is 0.238. The van der Waals surface area contributed by atoms with Crippen LogP contribution < -0.4 is 0 Å². The number of para-hydroxylation sites is 2. The summed E-state index contributed by atoms with van der Waals surface area (Å²) in [6.45, 7) is 0.707. The predicted molar refractivity (Wildman–Crippen MR) is 106 cm³/mol. The van der Waals surface area contributed by atoms with Crippen LogP contribution in [0.2, 0.25) is 0 Å². The smallest absolute Gasteiger partial charge is 0.272 e. The van der Waals surface area contributed by atoms with Crippen LogP contribution >= 0.6 is 0 Å². The Hall–Kier alpha value is -3.48. The third kappa shape index (κ3) is 2.94. The molecule has 7 nitrogen and oxygen atoms in total. The van der Waals surface area contributed by atoms with Crippen LogP contribution in [0.4, 0.5) is 0 Å². The number of aromatic nitrogens is 5. The van der Waals surface area contributed by atoms with Crippen LogP contribution in [-0.2, 0) is 0 Å². The van der Waals surface area contributed by atoms with Crippen molar-refractivity contribution in [1.29, 1.82) is 0 Å². The highest BCUT2D eigenvalue weighted by Gasteiger charge is 2.31. The van der Waals surface area contributed by atoms with E-state index in [0.717, 1.165) is 41.8 Å². The number of amides is 1. The first-order valence-corrected chi connectivity index (χ1v) is 9.52. The fourth-order valence-corrected chi connectivity index (χ4v) is 3.82. The fourth-order valence-electron chi connectivity index (χ4n) is 3.82. The third-order valence-corrected chi connectivity index (χ3v) is 5.22. The lowest BCUT2D eigenvalue weighted by Gasteiger charge is -2.34. The number of hydrogen-bond donors (Lipinski definition) is 2. The van der Waals surface area contributed by atoms with E-state index >= 15 is 0 Å². The van der Waals surface area contributed by atoms with Gasteiger partial charge in [0, 0.05) is 12.7 Å². The molecule has 1 fully saturated rings. The summed E-state index contributed by atoms with van der Waals surface area (Å²) in [7, 11) is 0. The summed E-state index contributed by atoms with van der Waals surface area (Å²) >= 11 is 0. The van der Waals surface area contributed by atoms with Gasteiger partial charge < -0.3 is 9.88 Å². The van der Waals surface area contributed by atoms with E-state index in [-0.39, 0.29) is 11.9 Å². The number of fused-ring (bicyclic) bond motifs is 1. The van der Waals surface area contributed by atoms with Crippen LogP contribution in [0.15, 0.2) is 54.7 Å². The van der Waals surface area contributed by atoms with E-state index in [2.05, 4.69) is 20.2 Å². The van der Waals surface area contributed by atoms with Crippen molar-refractivity contribution in [2.24, 2.45) is 0 Å². The van der Waals surface area contributed by atoms with Gasteiger partial charge in [-0.25, -0.2) is 4.98 Å². The number of imidazole rings is 1. The first kappa shape index (κ1) is 16.7. The molecule has 1 saturated heterocycles. The molecule has 1 aliphatic rings. The zero-order chi connectivity index (χ0) is 18.9. The molecule has 28 heavy (non-hydrogen) atoms. The number of nitrogens with one attached hydrogen (secondary N) is 2. The lowest BCUT2D eigenvalue weighted by atomic mass is 10.0. The van der Waals surface area contributed by atoms with E-state index in [1.807, 2.05) is 47.4 Å². The summed E-state index contributed by atoms with van der Waals surface area (Å²) in [4.78, 5) is 27.6. The zero-order valence-corrected chi connectivity index (χ0v) is 15.3. The Balaban J connectivity index is 1.45. The number of aromatic amines is 2. The maximum Gasteiger partial charge on any atom is 0.272 e. The van der Waals surface area contributed by atoms with Crippen LogP contribution in [-0.4, -0.2) is 42.5 Å². The van der Waals surface area contributed by atoms with Crippen molar-refractivity contribution in [1.82, 2.24) is 30.0 Å². The number of rotatable bonds is 3. The van der Waals surface area contributed by atoms with Crippen molar-refractivity contribution in [3.63, 3.8) is 0 Å². The molecule has 0 spiro atoms. The molecule has 0 unspecified atom stereocenters. The van der Waals surface area contributed by atoms with Gasteiger partial charge in [0.25, 0.3) is 5.91 Å². The number of pyridine rings is 1. The molecule has 0 radical (unpaired) electrons. The highest BCUT2D eigenvalue weighted by atomic mass is 16.2. The number of likely N-dealkylation sites (tertiary alicyclic amines) is 1. The number of carbonyl (C=O) groups is 1. The molecule has 5 rings (SSSR count). The largest absolute Gasteiger partial charge is 0.340 e. The van der Waals surface area contributed by atoms with Crippen molar-refractivity contribution in [2.45, 2.75) is 25.3 Å². The topological polar surface area (TPSA) is 90.6 Å². The first-order chi connectivity index (χ1) is 13.8. The van der Waals surface area contributed by atoms with Gasteiger partial charge in [-0.05, 0) is 49.6 Å². The minimum atomic E-state index is -0.0600. The van der Waals surface area contributed by atoms with Gasteiger partial charge in [0.1, 0.15) is 17.2 Å². The number of H-pyrrole nitrogens is 2. The summed E-state index contributed by atoms with van der Waals surface area (Å²) in [5.41, 5.74) is 3.80. The summed E-state index contributed by atoms with van der Waals surface area (Å²) in [6, 6.07) is 15.3. The quantitative estimate of drug-likeness (QED) is 0.573. The van der Waals surface area contributed by atoms with Gasteiger partial charge in [-0.2, -0.15) is 5.10 Å². The second-order valence-corrected chi connectivity index (χ2v) is 7.03. The van der Waals surface area contributed by atoms with Crippen LogP contribution in [0, 0.1) is 0 Å². The van der Waals surface area contributed by atoms with Crippen LogP contribution in [0.1, 0.15) is 41.6 Å². The number of hydrogen-bond acceptors (Lipinski definition) is 4. The van der Waals surface area contributed by atoms with Gasteiger partial charge in [-0.1, -0.05) is 18.2 Å². The standard InChI is InChI=1S/C21H20N6O/c28-21(18-13-17(25-26-18)14-7-3-5-11-22-14)27-12-6-4-10-19(27)20-23-15-8-1-2-9-16(15)24-20/h1-3,5,7-9,11,13,19H,4,6,10,12H2,(H,23,24)(H,25,26)/t19-/m0/s1. The van der Waals surface area contributed by atoms with E-state index in [1.165, 1.54) is 0 Å². The van der Waals surface area contributed by atoms with Crippen molar-refractivity contribution >= 4 is 16.9 Å². The van der Waals surface area contributed by atoms with E-state index in [1.54, 1.807) is 12.3 Å². The van der Waals surface area contributed by atoms with Gasteiger partial charge in [0.15, 0.2) is 0 Å². The molecule has 4 heterocycles. The van der Waals surface area contributed by atoms with Crippen LogP contribution in [0.5, 0.6) is 0 Å². The molecule has 0 saturated carbocycles. The second kappa shape index (κ2) is 6.92. The molecule has 3 aromatic heterocycles. The maximum absolute atomic E-state index is 13.2. The molecule has 4 aromatic rings. The summed E-state index contributed by atoms with van der Waals surface area (Å²) in [5.74, 6) is 0.790. The van der Waals surface area contributed by atoms with Crippen molar-refractivity contribution < 1.29 is 4.79 Å². The van der Waals surface area contributed by atoms with Crippen LogP contribution in [0.25, 0.3) is 22.4 Å². The van der Waals surface area contributed by atoms with E-state index in [9.17, 15) is 4.79 Å². The Morgan fingerprint density at radius 2 is 1.96 bits per heavy atom. The molecule has 1 aliphatic heterocycles. The monoisotopic (exact) mass is 372 g/mol. The van der Waals surface area contributed by atoms with E-state index in [0.29, 0.717) is 17.9 Å². The van der Waals surface area contributed by atoms with E-state index in [4.69, 9.17) is 4.98 Å². The molecule has 140 valence electrons. The Kier molecular flexibility index (Phi) is 4.12. The minimum Gasteiger partial charge on any atom is -0.340 e. The summed E-state index contributed by atoms with van der Waals surface area (Å²) in [6.07, 6.45) is 4.68. The highest BCUT2D eigenvalue weighted by Crippen LogP contribution is 2.31. The normalized spacial score (nSPS) is 17.1. The number of benzene rings is 1. The SMILES string of the molecule is O=C(c1cc(-c2ccccn2)n[nH]1)N1CCCC[C@H]1c1nc2ccccc2[nH]1. The minimum absolute atomic E-state index is 0.0557. The Labute approximate surface area is 161 Å².